The molecule has 7 heteroatoms. The van der Waals surface area contributed by atoms with E-state index in [1.807, 2.05) is 34.1 Å². The van der Waals surface area contributed by atoms with E-state index in [0.29, 0.717) is 6.04 Å². The van der Waals surface area contributed by atoms with Crippen LogP contribution in [0.2, 0.25) is 0 Å². The highest BCUT2D eigenvalue weighted by Gasteiger charge is 2.32. The standard InChI is InChI=1S/C18H26N6O/c1-11-17(12(2)22(4)21-11)20-18(25)13(3)23-8-7-16-15(9-23)19-10-24(16)14-5-6-14/h10,13-14H,5-9H2,1-4H3,(H,20,25). The summed E-state index contributed by atoms with van der Waals surface area (Å²) in [6.07, 6.45) is 5.50. The van der Waals surface area contributed by atoms with Gasteiger partial charge < -0.3 is 9.88 Å². The number of nitrogens with one attached hydrogen (secondary N) is 1. The van der Waals surface area contributed by atoms with Gasteiger partial charge in [0.15, 0.2) is 0 Å². The quantitative estimate of drug-likeness (QED) is 0.922. The van der Waals surface area contributed by atoms with Gasteiger partial charge in [0, 0.05) is 38.3 Å². The Hall–Kier alpha value is -2.15. The van der Waals surface area contributed by atoms with E-state index in [-0.39, 0.29) is 11.9 Å². The first-order chi connectivity index (χ1) is 12.0. The summed E-state index contributed by atoms with van der Waals surface area (Å²) in [6.45, 7) is 7.50. The van der Waals surface area contributed by atoms with Crippen molar-refractivity contribution in [2.24, 2.45) is 7.05 Å². The minimum absolute atomic E-state index is 0.0178. The number of aromatic nitrogens is 4. The number of anilines is 1. The molecule has 1 aliphatic heterocycles. The molecule has 3 heterocycles. The smallest absolute Gasteiger partial charge is 0.241 e. The number of hydrogen-bond acceptors (Lipinski definition) is 4. The van der Waals surface area contributed by atoms with E-state index in [0.717, 1.165) is 42.3 Å². The monoisotopic (exact) mass is 342 g/mol. The first kappa shape index (κ1) is 16.3. The average molecular weight is 342 g/mol. The van der Waals surface area contributed by atoms with Crippen molar-refractivity contribution in [3.8, 4) is 0 Å². The van der Waals surface area contributed by atoms with Gasteiger partial charge in [0.2, 0.25) is 5.91 Å². The van der Waals surface area contributed by atoms with Crippen LogP contribution in [0, 0.1) is 13.8 Å². The SMILES string of the molecule is Cc1nn(C)c(C)c1NC(=O)C(C)N1CCc2c(ncn2C2CC2)C1. The second-order valence-corrected chi connectivity index (χ2v) is 7.33. The van der Waals surface area contributed by atoms with E-state index in [9.17, 15) is 4.79 Å². The molecule has 1 aliphatic carbocycles. The topological polar surface area (TPSA) is 68.0 Å². The number of fused-ring (bicyclic) bond motifs is 1. The average Bonchev–Trinajstić information content (AvgIpc) is 3.31. The zero-order valence-corrected chi connectivity index (χ0v) is 15.4. The summed E-state index contributed by atoms with van der Waals surface area (Å²) in [5, 5.41) is 7.43. The van der Waals surface area contributed by atoms with Crippen LogP contribution in [0.3, 0.4) is 0 Å². The number of carbonyl (C=O) groups is 1. The van der Waals surface area contributed by atoms with Crippen molar-refractivity contribution in [2.75, 3.05) is 11.9 Å². The number of nitrogens with zero attached hydrogens (tertiary/aromatic N) is 5. The van der Waals surface area contributed by atoms with Crippen molar-refractivity contribution in [2.45, 2.75) is 58.7 Å². The van der Waals surface area contributed by atoms with Crippen LogP contribution in [0.4, 0.5) is 5.69 Å². The third-order valence-corrected chi connectivity index (χ3v) is 5.60. The first-order valence-electron chi connectivity index (χ1n) is 9.05. The molecule has 134 valence electrons. The molecule has 1 unspecified atom stereocenters. The van der Waals surface area contributed by atoms with Crippen LogP contribution in [0.25, 0.3) is 0 Å². The molecule has 2 aromatic rings. The van der Waals surface area contributed by atoms with E-state index in [1.165, 1.54) is 18.5 Å². The molecule has 0 saturated heterocycles. The van der Waals surface area contributed by atoms with Crippen molar-refractivity contribution in [1.82, 2.24) is 24.2 Å². The largest absolute Gasteiger partial charge is 0.331 e. The molecule has 25 heavy (non-hydrogen) atoms. The Morgan fingerprint density at radius 1 is 1.36 bits per heavy atom. The van der Waals surface area contributed by atoms with Crippen LogP contribution >= 0.6 is 0 Å². The lowest BCUT2D eigenvalue weighted by Gasteiger charge is -2.31. The highest BCUT2D eigenvalue weighted by atomic mass is 16.2. The molecule has 0 aromatic carbocycles. The minimum atomic E-state index is -0.196. The zero-order chi connectivity index (χ0) is 17.7. The molecule has 1 fully saturated rings. The lowest BCUT2D eigenvalue weighted by atomic mass is 10.1. The van der Waals surface area contributed by atoms with E-state index in [4.69, 9.17) is 0 Å². The molecular formula is C18H26N6O. The van der Waals surface area contributed by atoms with Gasteiger partial charge in [-0.1, -0.05) is 0 Å². The molecule has 1 atom stereocenters. The van der Waals surface area contributed by atoms with Crippen molar-refractivity contribution in [3.05, 3.63) is 29.1 Å². The van der Waals surface area contributed by atoms with E-state index in [1.54, 1.807) is 4.68 Å². The van der Waals surface area contributed by atoms with Gasteiger partial charge in [0.05, 0.1) is 35.1 Å². The molecule has 2 aliphatic rings. The van der Waals surface area contributed by atoms with Gasteiger partial charge in [-0.15, -0.1) is 0 Å². The van der Waals surface area contributed by atoms with Crippen LogP contribution in [0.15, 0.2) is 6.33 Å². The Labute approximate surface area is 148 Å². The second-order valence-electron chi connectivity index (χ2n) is 7.33. The molecule has 4 rings (SSSR count). The number of hydrogen-bond donors (Lipinski definition) is 1. The third kappa shape index (κ3) is 2.86. The summed E-state index contributed by atoms with van der Waals surface area (Å²) in [5.41, 5.74) is 5.15. The van der Waals surface area contributed by atoms with Crippen LogP contribution < -0.4 is 5.32 Å². The Balaban J connectivity index is 1.45. The maximum atomic E-state index is 12.7. The molecule has 7 nitrogen and oxygen atoms in total. The number of amides is 1. The van der Waals surface area contributed by atoms with Gasteiger partial charge in [0.25, 0.3) is 0 Å². The predicted octanol–water partition coefficient (Wildman–Crippen LogP) is 1.95. The Bertz CT molecular complexity index is 816. The molecule has 0 bridgehead atoms. The summed E-state index contributed by atoms with van der Waals surface area (Å²) in [4.78, 5) is 19.6. The third-order valence-electron chi connectivity index (χ3n) is 5.60. The summed E-state index contributed by atoms with van der Waals surface area (Å²) < 4.78 is 4.15. The van der Waals surface area contributed by atoms with Crippen molar-refractivity contribution >= 4 is 11.6 Å². The highest BCUT2D eigenvalue weighted by molar-refractivity contribution is 5.95. The van der Waals surface area contributed by atoms with Gasteiger partial charge >= 0.3 is 0 Å². The normalized spacial score (nSPS) is 18.9. The van der Waals surface area contributed by atoms with E-state index >= 15 is 0 Å². The van der Waals surface area contributed by atoms with Crippen LogP contribution in [-0.2, 0) is 24.8 Å². The Morgan fingerprint density at radius 3 is 2.76 bits per heavy atom. The van der Waals surface area contributed by atoms with E-state index in [2.05, 4.69) is 24.9 Å². The van der Waals surface area contributed by atoms with Gasteiger partial charge in [-0.2, -0.15) is 5.10 Å². The van der Waals surface area contributed by atoms with Gasteiger partial charge in [-0.25, -0.2) is 4.98 Å². The summed E-state index contributed by atoms with van der Waals surface area (Å²) in [6, 6.07) is 0.471. The minimum Gasteiger partial charge on any atom is -0.331 e. The molecule has 1 N–H and O–H groups in total. The van der Waals surface area contributed by atoms with Crippen LogP contribution in [0.1, 0.15) is 48.6 Å². The summed E-state index contributed by atoms with van der Waals surface area (Å²) in [5.74, 6) is 0.0178. The van der Waals surface area contributed by atoms with Crippen molar-refractivity contribution in [3.63, 3.8) is 0 Å². The number of imidazole rings is 1. The maximum Gasteiger partial charge on any atom is 0.241 e. The molecular weight excluding hydrogens is 316 g/mol. The number of rotatable bonds is 4. The second kappa shape index (κ2) is 5.98. The molecule has 0 radical (unpaired) electrons. The fourth-order valence-corrected chi connectivity index (χ4v) is 3.70. The molecule has 1 amide bonds. The number of carbonyl (C=O) groups excluding carboxylic acids is 1. The zero-order valence-electron chi connectivity index (χ0n) is 15.4. The lowest BCUT2D eigenvalue weighted by molar-refractivity contribution is -0.121. The predicted molar refractivity (Wildman–Crippen MR) is 95.4 cm³/mol. The number of aryl methyl sites for hydroxylation is 2. The molecule has 0 spiro atoms. The van der Waals surface area contributed by atoms with Crippen LogP contribution in [0.5, 0.6) is 0 Å². The Kier molecular flexibility index (Phi) is 3.91. The van der Waals surface area contributed by atoms with Gasteiger partial charge in [-0.05, 0) is 33.6 Å². The lowest BCUT2D eigenvalue weighted by Crippen LogP contribution is -2.44. The van der Waals surface area contributed by atoms with Crippen molar-refractivity contribution < 1.29 is 4.79 Å². The fraction of sp³-hybridized carbons (Fsp3) is 0.611. The first-order valence-corrected chi connectivity index (χ1v) is 9.05. The molecule has 1 saturated carbocycles. The maximum absolute atomic E-state index is 12.7. The van der Waals surface area contributed by atoms with Crippen LogP contribution in [-0.4, -0.2) is 42.7 Å². The highest BCUT2D eigenvalue weighted by Crippen LogP contribution is 2.37. The summed E-state index contributed by atoms with van der Waals surface area (Å²) >= 11 is 0. The Morgan fingerprint density at radius 2 is 2.12 bits per heavy atom. The van der Waals surface area contributed by atoms with Gasteiger partial charge in [-0.3, -0.25) is 14.4 Å². The van der Waals surface area contributed by atoms with Gasteiger partial charge in [0.1, 0.15) is 0 Å². The summed E-state index contributed by atoms with van der Waals surface area (Å²) in [7, 11) is 1.89. The van der Waals surface area contributed by atoms with Crippen molar-refractivity contribution in [1.29, 1.82) is 0 Å². The molecule has 2 aromatic heterocycles. The fourth-order valence-electron chi connectivity index (χ4n) is 3.70. The van der Waals surface area contributed by atoms with E-state index < -0.39 is 0 Å².